The molecular weight excluding hydrogens is 252 g/mol. The van der Waals surface area contributed by atoms with Crippen LogP contribution < -0.4 is 0 Å². The fourth-order valence-corrected chi connectivity index (χ4v) is 3.38. The van der Waals surface area contributed by atoms with Crippen LogP contribution in [0.4, 0.5) is 0 Å². The van der Waals surface area contributed by atoms with Crippen LogP contribution in [0.15, 0.2) is 0 Å². The molecule has 1 aliphatic carbocycles. The average molecular weight is 282 g/mol. The van der Waals surface area contributed by atoms with E-state index in [-0.39, 0.29) is 5.92 Å². The first-order valence-electron chi connectivity index (χ1n) is 8.40. The molecule has 0 aromatic carbocycles. The summed E-state index contributed by atoms with van der Waals surface area (Å²) in [6.45, 7) is 4.37. The first kappa shape index (κ1) is 17.2. The predicted octanol–water partition coefficient (Wildman–Crippen LogP) is 4.44. The Labute approximate surface area is 123 Å². The summed E-state index contributed by atoms with van der Waals surface area (Å²) in [4.78, 5) is 22.6. The highest BCUT2D eigenvalue weighted by molar-refractivity contribution is 6.34. The van der Waals surface area contributed by atoms with E-state index in [1.807, 2.05) is 0 Å². The van der Waals surface area contributed by atoms with E-state index in [2.05, 4.69) is 13.8 Å². The van der Waals surface area contributed by atoms with Crippen LogP contribution in [0.3, 0.4) is 0 Å². The third kappa shape index (κ3) is 5.26. The highest BCUT2D eigenvalue weighted by Gasteiger charge is 2.54. The lowest BCUT2D eigenvalue weighted by atomic mass is 10.1. The van der Waals surface area contributed by atoms with E-state index >= 15 is 0 Å². The maximum Gasteiger partial charge on any atom is 0.372 e. The number of aliphatic carboxylic acids is 1. The smallest absolute Gasteiger partial charge is 0.372 e. The summed E-state index contributed by atoms with van der Waals surface area (Å²) in [5.74, 6) is -1.22. The van der Waals surface area contributed by atoms with Gasteiger partial charge in [0, 0.05) is 5.92 Å². The minimum atomic E-state index is -1.23. The van der Waals surface area contributed by atoms with Gasteiger partial charge >= 0.3 is 5.97 Å². The molecule has 0 bridgehead atoms. The van der Waals surface area contributed by atoms with Crippen molar-refractivity contribution in [3.8, 4) is 0 Å². The van der Waals surface area contributed by atoms with Crippen LogP contribution in [0.5, 0.6) is 0 Å². The van der Waals surface area contributed by atoms with Crippen LogP contribution >= 0.6 is 0 Å². The number of ketones is 1. The number of carbonyl (C=O) groups is 2. The maximum atomic E-state index is 11.7. The quantitative estimate of drug-likeness (QED) is 0.425. The van der Waals surface area contributed by atoms with Gasteiger partial charge in [-0.25, -0.2) is 4.79 Å². The molecule has 116 valence electrons. The lowest BCUT2D eigenvalue weighted by Gasteiger charge is -2.00. The van der Waals surface area contributed by atoms with E-state index in [1.54, 1.807) is 0 Å². The average Bonchev–Trinajstić information content (AvgIpc) is 3.11. The van der Waals surface area contributed by atoms with Crippen LogP contribution in [-0.2, 0) is 9.59 Å². The molecule has 0 aliphatic heterocycles. The molecule has 0 heterocycles. The number of carboxylic acids is 1. The summed E-state index contributed by atoms with van der Waals surface area (Å²) < 4.78 is 0. The second-order valence-electron chi connectivity index (χ2n) is 6.22. The number of hydrogen-bond acceptors (Lipinski definition) is 2. The number of hydrogen-bond donors (Lipinski definition) is 1. The van der Waals surface area contributed by atoms with Crippen LogP contribution in [0.1, 0.15) is 78.1 Å². The van der Waals surface area contributed by atoms with E-state index < -0.39 is 11.8 Å². The van der Waals surface area contributed by atoms with Crippen LogP contribution in [0.2, 0.25) is 0 Å². The third-order valence-electron chi connectivity index (χ3n) is 4.63. The first-order chi connectivity index (χ1) is 9.63. The van der Waals surface area contributed by atoms with E-state index in [0.717, 1.165) is 25.7 Å². The van der Waals surface area contributed by atoms with Gasteiger partial charge in [0.1, 0.15) is 0 Å². The summed E-state index contributed by atoms with van der Waals surface area (Å²) in [5, 5.41) is 8.90. The summed E-state index contributed by atoms with van der Waals surface area (Å²) in [6.07, 6.45) is 11.7. The van der Waals surface area contributed by atoms with Crippen molar-refractivity contribution in [3.63, 3.8) is 0 Å². The van der Waals surface area contributed by atoms with Crippen molar-refractivity contribution in [1.29, 1.82) is 0 Å². The van der Waals surface area contributed by atoms with E-state index in [1.165, 1.54) is 38.5 Å². The zero-order valence-corrected chi connectivity index (χ0v) is 13.1. The molecule has 0 aromatic rings. The molecule has 3 nitrogen and oxygen atoms in total. The molecule has 0 spiro atoms. The van der Waals surface area contributed by atoms with Gasteiger partial charge in [-0.1, -0.05) is 65.2 Å². The second-order valence-corrected chi connectivity index (χ2v) is 6.22. The predicted molar refractivity (Wildman–Crippen MR) is 80.6 cm³/mol. The van der Waals surface area contributed by atoms with E-state index in [4.69, 9.17) is 5.11 Å². The Morgan fingerprint density at radius 1 is 0.800 bits per heavy atom. The zero-order chi connectivity index (χ0) is 15.0. The van der Waals surface area contributed by atoms with Crippen molar-refractivity contribution >= 4 is 11.8 Å². The highest BCUT2D eigenvalue weighted by atomic mass is 16.4. The summed E-state index contributed by atoms with van der Waals surface area (Å²) in [7, 11) is 0. The molecule has 2 unspecified atom stereocenters. The number of Topliss-reactive ketones (excluding diaryl/α,β-unsaturated/α-hetero) is 1. The van der Waals surface area contributed by atoms with Gasteiger partial charge in [-0.05, 0) is 24.7 Å². The SMILES string of the molecule is CCCCCCC1C(CCCCCC)C1C(=O)C(=O)O. The fraction of sp³-hybridized carbons (Fsp3) is 0.882. The van der Waals surface area contributed by atoms with Crippen molar-refractivity contribution in [3.05, 3.63) is 0 Å². The number of rotatable bonds is 12. The Balaban J connectivity index is 2.34. The van der Waals surface area contributed by atoms with Crippen LogP contribution in [-0.4, -0.2) is 16.9 Å². The van der Waals surface area contributed by atoms with Crippen molar-refractivity contribution in [2.24, 2.45) is 17.8 Å². The molecule has 3 heteroatoms. The van der Waals surface area contributed by atoms with Gasteiger partial charge in [-0.15, -0.1) is 0 Å². The molecule has 1 rings (SSSR count). The van der Waals surface area contributed by atoms with Crippen LogP contribution in [0, 0.1) is 17.8 Å². The molecule has 0 aromatic heterocycles. The van der Waals surface area contributed by atoms with Gasteiger partial charge in [0.2, 0.25) is 5.78 Å². The third-order valence-corrected chi connectivity index (χ3v) is 4.63. The zero-order valence-electron chi connectivity index (χ0n) is 13.1. The van der Waals surface area contributed by atoms with Gasteiger partial charge in [0.05, 0.1) is 0 Å². The van der Waals surface area contributed by atoms with Crippen LogP contribution in [0.25, 0.3) is 0 Å². The maximum absolute atomic E-state index is 11.7. The molecular formula is C17H30O3. The van der Waals surface area contributed by atoms with Crippen molar-refractivity contribution < 1.29 is 14.7 Å². The molecule has 1 saturated carbocycles. The molecule has 0 saturated heterocycles. The highest BCUT2D eigenvalue weighted by Crippen LogP contribution is 2.52. The van der Waals surface area contributed by atoms with Gasteiger partial charge in [-0.2, -0.15) is 0 Å². The van der Waals surface area contributed by atoms with Crippen molar-refractivity contribution in [2.45, 2.75) is 78.1 Å². The number of carbonyl (C=O) groups excluding carboxylic acids is 1. The minimum absolute atomic E-state index is 0.171. The van der Waals surface area contributed by atoms with Crippen molar-refractivity contribution in [1.82, 2.24) is 0 Å². The summed E-state index contributed by atoms with van der Waals surface area (Å²) >= 11 is 0. The minimum Gasteiger partial charge on any atom is -0.475 e. The Morgan fingerprint density at radius 2 is 1.25 bits per heavy atom. The normalized spacial score (nSPS) is 24.6. The Kier molecular flexibility index (Phi) is 7.86. The topological polar surface area (TPSA) is 54.4 Å². The van der Waals surface area contributed by atoms with E-state index in [0.29, 0.717) is 11.8 Å². The molecule has 1 aliphatic rings. The van der Waals surface area contributed by atoms with Gasteiger partial charge in [-0.3, -0.25) is 4.79 Å². The Morgan fingerprint density at radius 3 is 1.60 bits per heavy atom. The molecule has 0 radical (unpaired) electrons. The number of unbranched alkanes of at least 4 members (excludes halogenated alkanes) is 6. The summed E-state index contributed by atoms with van der Waals surface area (Å²) in [6, 6.07) is 0. The monoisotopic (exact) mass is 282 g/mol. The largest absolute Gasteiger partial charge is 0.475 e. The molecule has 0 amide bonds. The van der Waals surface area contributed by atoms with E-state index in [9.17, 15) is 9.59 Å². The first-order valence-corrected chi connectivity index (χ1v) is 8.40. The standard InChI is InChI=1S/C17H30O3/c1-3-5-7-9-11-13-14(12-10-8-6-4-2)15(13)16(18)17(19)20/h13-15H,3-12H2,1-2H3,(H,19,20). The second kappa shape index (κ2) is 9.15. The molecule has 1 fully saturated rings. The summed E-state index contributed by atoms with van der Waals surface area (Å²) in [5.41, 5.74) is 0. The Bertz CT molecular complexity index is 293. The lowest BCUT2D eigenvalue weighted by Crippen LogP contribution is -2.16. The fourth-order valence-electron chi connectivity index (χ4n) is 3.38. The molecule has 2 atom stereocenters. The number of carboxylic acid groups (broad SMARTS) is 1. The lowest BCUT2D eigenvalue weighted by molar-refractivity contribution is -0.150. The van der Waals surface area contributed by atoms with Crippen molar-refractivity contribution in [2.75, 3.05) is 0 Å². The van der Waals surface area contributed by atoms with Gasteiger partial charge in [0.25, 0.3) is 0 Å². The Hall–Kier alpha value is -0.860. The van der Waals surface area contributed by atoms with Gasteiger partial charge < -0.3 is 5.11 Å². The molecule has 1 N–H and O–H groups in total. The van der Waals surface area contributed by atoms with Gasteiger partial charge in [0.15, 0.2) is 0 Å². The molecule has 20 heavy (non-hydrogen) atoms.